The molecule has 1 aliphatic rings. The van der Waals surface area contributed by atoms with Crippen LogP contribution in [0.2, 0.25) is 10.0 Å². The van der Waals surface area contributed by atoms with E-state index in [1.54, 1.807) is 18.2 Å². The number of likely N-dealkylation sites (tertiary alicyclic amines) is 1. The van der Waals surface area contributed by atoms with E-state index in [1.165, 1.54) is 0 Å². The summed E-state index contributed by atoms with van der Waals surface area (Å²) in [7, 11) is 0. The zero-order chi connectivity index (χ0) is 18.4. The molecule has 0 spiro atoms. The van der Waals surface area contributed by atoms with Crippen LogP contribution < -0.4 is 10.1 Å². The Morgan fingerprint density at radius 3 is 2.54 bits per heavy atom. The van der Waals surface area contributed by atoms with Crippen LogP contribution in [0, 0.1) is 0 Å². The van der Waals surface area contributed by atoms with Crippen LogP contribution >= 0.6 is 23.2 Å². The van der Waals surface area contributed by atoms with E-state index in [-0.39, 0.29) is 11.9 Å². The van der Waals surface area contributed by atoms with Gasteiger partial charge in [-0.05, 0) is 43.2 Å². The summed E-state index contributed by atoms with van der Waals surface area (Å²) in [5.74, 6) is 0.658. The minimum atomic E-state index is 0.00441. The monoisotopic (exact) mass is 392 g/mol. The van der Waals surface area contributed by atoms with Gasteiger partial charge in [0.15, 0.2) is 0 Å². The van der Waals surface area contributed by atoms with Crippen LogP contribution in [0.1, 0.15) is 23.2 Å². The van der Waals surface area contributed by atoms with Gasteiger partial charge in [0.05, 0.1) is 5.02 Å². The van der Waals surface area contributed by atoms with Crippen molar-refractivity contribution in [3.8, 4) is 5.75 Å². The van der Waals surface area contributed by atoms with Crippen molar-refractivity contribution < 1.29 is 9.53 Å². The summed E-state index contributed by atoms with van der Waals surface area (Å²) in [6.45, 7) is 3.29. The molecule has 1 saturated heterocycles. The Bertz CT molecular complexity index is 732. The molecule has 1 aliphatic heterocycles. The second kappa shape index (κ2) is 9.26. The molecule has 26 heavy (non-hydrogen) atoms. The molecule has 0 radical (unpaired) electrons. The lowest BCUT2D eigenvalue weighted by atomic mass is 10.0. The van der Waals surface area contributed by atoms with Crippen molar-refractivity contribution in [2.45, 2.75) is 18.9 Å². The number of piperidine rings is 1. The average Bonchev–Trinajstić information content (AvgIpc) is 2.65. The number of carbonyl (C=O) groups excluding carboxylic acids is 1. The van der Waals surface area contributed by atoms with Gasteiger partial charge in [-0.25, -0.2) is 0 Å². The molecule has 0 bridgehead atoms. The predicted octanol–water partition coefficient (Wildman–Crippen LogP) is 4.27. The van der Waals surface area contributed by atoms with Crippen molar-refractivity contribution >= 4 is 29.1 Å². The molecule has 0 saturated carbocycles. The second-order valence-corrected chi connectivity index (χ2v) is 7.22. The number of nitrogens with zero attached hydrogens (tertiary/aromatic N) is 1. The van der Waals surface area contributed by atoms with E-state index in [4.69, 9.17) is 27.9 Å². The van der Waals surface area contributed by atoms with Crippen molar-refractivity contribution in [2.75, 3.05) is 26.2 Å². The number of hydrogen-bond donors (Lipinski definition) is 1. The molecule has 2 aromatic carbocycles. The number of carbonyl (C=O) groups is 1. The molecular weight excluding hydrogens is 371 g/mol. The molecule has 138 valence electrons. The minimum Gasteiger partial charge on any atom is -0.491 e. The van der Waals surface area contributed by atoms with E-state index < -0.39 is 0 Å². The molecule has 0 unspecified atom stereocenters. The molecular formula is C20H22Cl2N2O2. The topological polar surface area (TPSA) is 41.6 Å². The Labute approximate surface area is 164 Å². The molecule has 4 nitrogen and oxygen atoms in total. The quantitative estimate of drug-likeness (QED) is 0.797. The Morgan fingerprint density at radius 2 is 1.85 bits per heavy atom. The van der Waals surface area contributed by atoms with E-state index in [9.17, 15) is 4.79 Å². The normalized spacial score (nSPS) is 15.6. The van der Waals surface area contributed by atoms with Crippen molar-refractivity contribution in [1.29, 1.82) is 0 Å². The Morgan fingerprint density at radius 1 is 1.12 bits per heavy atom. The van der Waals surface area contributed by atoms with Crippen molar-refractivity contribution in [2.24, 2.45) is 0 Å². The summed E-state index contributed by atoms with van der Waals surface area (Å²) in [5.41, 5.74) is 0.711. The number of benzene rings is 2. The minimum absolute atomic E-state index is 0.00441. The van der Waals surface area contributed by atoms with Crippen LogP contribution in [0.25, 0.3) is 0 Å². The number of rotatable bonds is 6. The third kappa shape index (κ3) is 5.37. The largest absolute Gasteiger partial charge is 0.491 e. The fraction of sp³-hybridized carbons (Fsp3) is 0.350. The summed E-state index contributed by atoms with van der Waals surface area (Å²) in [6.07, 6.45) is 1.89. The second-order valence-electron chi connectivity index (χ2n) is 6.38. The maximum Gasteiger partial charge on any atom is 0.251 e. The summed E-state index contributed by atoms with van der Waals surface area (Å²) in [6, 6.07) is 14.8. The fourth-order valence-corrected chi connectivity index (χ4v) is 3.50. The molecule has 6 heteroatoms. The maximum absolute atomic E-state index is 12.2. The SMILES string of the molecule is O=C(NC1CCN(CCOc2ccc(Cl)cc2Cl)CC1)c1ccccc1. The fourth-order valence-electron chi connectivity index (χ4n) is 3.04. The Kier molecular flexibility index (Phi) is 6.78. The van der Waals surface area contributed by atoms with E-state index in [0.29, 0.717) is 28.0 Å². The molecule has 1 N–H and O–H groups in total. The highest BCUT2D eigenvalue weighted by Crippen LogP contribution is 2.27. The first-order chi connectivity index (χ1) is 12.6. The highest BCUT2D eigenvalue weighted by atomic mass is 35.5. The lowest BCUT2D eigenvalue weighted by Crippen LogP contribution is -2.45. The van der Waals surface area contributed by atoms with Crippen LogP contribution in [-0.2, 0) is 0 Å². The van der Waals surface area contributed by atoms with Gasteiger partial charge in [0, 0.05) is 36.3 Å². The van der Waals surface area contributed by atoms with Gasteiger partial charge in [-0.1, -0.05) is 41.4 Å². The van der Waals surface area contributed by atoms with Gasteiger partial charge in [0.25, 0.3) is 5.91 Å². The lowest BCUT2D eigenvalue weighted by molar-refractivity contribution is 0.0905. The first kappa shape index (κ1) is 19.0. The summed E-state index contributed by atoms with van der Waals surface area (Å²) in [5, 5.41) is 4.25. The van der Waals surface area contributed by atoms with Gasteiger partial charge in [-0.2, -0.15) is 0 Å². The molecule has 1 fully saturated rings. The maximum atomic E-state index is 12.2. The third-order valence-electron chi connectivity index (χ3n) is 4.52. The van der Waals surface area contributed by atoms with Crippen molar-refractivity contribution in [3.05, 3.63) is 64.1 Å². The predicted molar refractivity (Wildman–Crippen MR) is 105 cm³/mol. The van der Waals surface area contributed by atoms with E-state index in [2.05, 4.69) is 10.2 Å². The number of nitrogens with one attached hydrogen (secondary N) is 1. The van der Waals surface area contributed by atoms with E-state index in [1.807, 2.05) is 30.3 Å². The number of ether oxygens (including phenoxy) is 1. The number of hydrogen-bond acceptors (Lipinski definition) is 3. The zero-order valence-corrected chi connectivity index (χ0v) is 16.0. The first-order valence-electron chi connectivity index (χ1n) is 8.78. The van der Waals surface area contributed by atoms with Gasteiger partial charge in [0.1, 0.15) is 12.4 Å². The molecule has 1 amide bonds. The van der Waals surface area contributed by atoms with E-state index >= 15 is 0 Å². The Balaban J connectivity index is 1.38. The van der Waals surface area contributed by atoms with Gasteiger partial charge in [0.2, 0.25) is 0 Å². The molecule has 0 atom stereocenters. The molecule has 0 aromatic heterocycles. The van der Waals surface area contributed by atoms with Crippen LogP contribution in [0.4, 0.5) is 0 Å². The zero-order valence-electron chi connectivity index (χ0n) is 14.5. The molecule has 1 heterocycles. The van der Waals surface area contributed by atoms with Crippen molar-refractivity contribution in [3.63, 3.8) is 0 Å². The lowest BCUT2D eigenvalue weighted by Gasteiger charge is -2.32. The summed E-state index contributed by atoms with van der Waals surface area (Å²) in [4.78, 5) is 14.6. The Hall–Kier alpha value is -1.75. The molecule has 2 aromatic rings. The first-order valence-corrected chi connectivity index (χ1v) is 9.53. The van der Waals surface area contributed by atoms with Gasteiger partial charge in [-0.3, -0.25) is 9.69 Å². The van der Waals surface area contributed by atoms with Crippen LogP contribution in [0.5, 0.6) is 5.75 Å². The smallest absolute Gasteiger partial charge is 0.251 e. The summed E-state index contributed by atoms with van der Waals surface area (Å²) < 4.78 is 5.74. The standard InChI is InChI=1S/C20H22Cl2N2O2/c21-16-6-7-19(18(22)14-16)26-13-12-24-10-8-17(9-11-24)23-20(25)15-4-2-1-3-5-15/h1-7,14,17H,8-13H2,(H,23,25). The number of amides is 1. The van der Waals surface area contributed by atoms with Crippen LogP contribution in [-0.4, -0.2) is 43.1 Å². The van der Waals surface area contributed by atoms with Gasteiger partial charge < -0.3 is 10.1 Å². The number of halogens is 2. The summed E-state index contributed by atoms with van der Waals surface area (Å²) >= 11 is 12.0. The van der Waals surface area contributed by atoms with Crippen LogP contribution in [0.3, 0.4) is 0 Å². The molecule has 0 aliphatic carbocycles. The van der Waals surface area contributed by atoms with Crippen LogP contribution in [0.15, 0.2) is 48.5 Å². The highest BCUT2D eigenvalue weighted by molar-refractivity contribution is 6.35. The van der Waals surface area contributed by atoms with Gasteiger partial charge >= 0.3 is 0 Å². The highest BCUT2D eigenvalue weighted by Gasteiger charge is 2.21. The average molecular weight is 393 g/mol. The van der Waals surface area contributed by atoms with Gasteiger partial charge in [-0.15, -0.1) is 0 Å². The third-order valence-corrected chi connectivity index (χ3v) is 5.05. The van der Waals surface area contributed by atoms with E-state index in [0.717, 1.165) is 32.5 Å². The van der Waals surface area contributed by atoms with Crippen molar-refractivity contribution in [1.82, 2.24) is 10.2 Å². The molecule has 3 rings (SSSR count).